The standard InChI is InChI=1S/C9H10N4OS/c1-6(14)15-4-2-3-7-5-12-8(10)9(11)13-7/h5H,4H2,1H3,(H2,10,12)(H2,11,13). The molecule has 0 atom stereocenters. The Morgan fingerprint density at radius 1 is 1.53 bits per heavy atom. The Kier molecular flexibility index (Phi) is 3.94. The van der Waals surface area contributed by atoms with Gasteiger partial charge in [-0.15, -0.1) is 0 Å². The molecule has 0 fully saturated rings. The van der Waals surface area contributed by atoms with Crippen molar-refractivity contribution in [1.29, 1.82) is 0 Å². The lowest BCUT2D eigenvalue weighted by molar-refractivity contribution is -0.109. The summed E-state index contributed by atoms with van der Waals surface area (Å²) in [6.07, 6.45) is 1.44. The van der Waals surface area contributed by atoms with Gasteiger partial charge >= 0.3 is 0 Å². The number of nitrogens with two attached hydrogens (primary N) is 2. The van der Waals surface area contributed by atoms with Crippen LogP contribution in [-0.2, 0) is 4.79 Å². The van der Waals surface area contributed by atoms with Gasteiger partial charge < -0.3 is 11.5 Å². The third-order valence-corrected chi connectivity index (χ3v) is 2.09. The van der Waals surface area contributed by atoms with Crippen molar-refractivity contribution in [2.45, 2.75) is 6.92 Å². The number of nitrogen functional groups attached to an aromatic ring is 2. The first-order valence-corrected chi connectivity index (χ1v) is 5.08. The van der Waals surface area contributed by atoms with Gasteiger partial charge in [0.2, 0.25) is 0 Å². The van der Waals surface area contributed by atoms with Crippen molar-refractivity contribution in [3.8, 4) is 11.8 Å². The van der Waals surface area contributed by atoms with Crippen molar-refractivity contribution in [2.75, 3.05) is 17.2 Å². The van der Waals surface area contributed by atoms with E-state index in [0.29, 0.717) is 11.4 Å². The molecule has 0 saturated carbocycles. The summed E-state index contributed by atoms with van der Waals surface area (Å²) in [5.41, 5.74) is 11.3. The molecular formula is C9H10N4OS. The van der Waals surface area contributed by atoms with Gasteiger partial charge in [-0.25, -0.2) is 9.97 Å². The van der Waals surface area contributed by atoms with Crippen molar-refractivity contribution >= 4 is 28.5 Å². The zero-order valence-electron chi connectivity index (χ0n) is 8.15. The van der Waals surface area contributed by atoms with Gasteiger partial charge in [0.25, 0.3) is 0 Å². The summed E-state index contributed by atoms with van der Waals surface area (Å²) in [7, 11) is 0. The maximum Gasteiger partial charge on any atom is 0.186 e. The molecule has 15 heavy (non-hydrogen) atoms. The predicted molar refractivity (Wildman–Crippen MR) is 60.9 cm³/mol. The first kappa shape index (κ1) is 11.3. The van der Waals surface area contributed by atoms with Gasteiger partial charge in [-0.1, -0.05) is 17.7 Å². The van der Waals surface area contributed by atoms with E-state index in [4.69, 9.17) is 11.5 Å². The smallest absolute Gasteiger partial charge is 0.186 e. The molecule has 78 valence electrons. The molecule has 0 spiro atoms. The Hall–Kier alpha value is -1.74. The second kappa shape index (κ2) is 5.22. The first-order chi connectivity index (χ1) is 7.09. The highest BCUT2D eigenvalue weighted by Crippen LogP contribution is 2.06. The highest BCUT2D eigenvalue weighted by atomic mass is 32.2. The summed E-state index contributed by atoms with van der Waals surface area (Å²) in [5, 5.41) is 0.0344. The van der Waals surface area contributed by atoms with Crippen LogP contribution in [0.25, 0.3) is 0 Å². The fraction of sp³-hybridized carbons (Fsp3) is 0.222. The van der Waals surface area contributed by atoms with Gasteiger partial charge in [-0.2, -0.15) is 0 Å². The minimum Gasteiger partial charge on any atom is -0.381 e. The maximum atomic E-state index is 10.6. The quantitative estimate of drug-likeness (QED) is 0.662. The van der Waals surface area contributed by atoms with E-state index in [-0.39, 0.29) is 16.8 Å². The summed E-state index contributed by atoms with van der Waals surface area (Å²) >= 11 is 1.14. The Bertz CT molecular complexity index is 435. The van der Waals surface area contributed by atoms with Crippen molar-refractivity contribution in [3.63, 3.8) is 0 Å². The van der Waals surface area contributed by atoms with E-state index >= 15 is 0 Å². The Balaban J connectivity index is 2.64. The lowest BCUT2D eigenvalue weighted by Crippen LogP contribution is -2.01. The predicted octanol–water partition coefficient (Wildman–Crippen LogP) is 0.272. The topological polar surface area (TPSA) is 94.9 Å². The lowest BCUT2D eigenvalue weighted by Gasteiger charge is -1.96. The number of aromatic nitrogens is 2. The fourth-order valence-electron chi connectivity index (χ4n) is 0.737. The van der Waals surface area contributed by atoms with E-state index in [2.05, 4.69) is 21.8 Å². The van der Waals surface area contributed by atoms with Gasteiger partial charge in [0.1, 0.15) is 5.69 Å². The van der Waals surface area contributed by atoms with Gasteiger partial charge in [-0.3, -0.25) is 4.79 Å². The summed E-state index contributed by atoms with van der Waals surface area (Å²) in [4.78, 5) is 18.3. The lowest BCUT2D eigenvalue weighted by atomic mass is 10.4. The van der Waals surface area contributed by atoms with Gasteiger partial charge in [0.15, 0.2) is 16.8 Å². The molecule has 0 aliphatic rings. The monoisotopic (exact) mass is 222 g/mol. The molecule has 1 aromatic rings. The van der Waals surface area contributed by atoms with Crippen LogP contribution in [0.1, 0.15) is 12.6 Å². The van der Waals surface area contributed by atoms with E-state index in [1.54, 1.807) is 0 Å². The molecule has 0 radical (unpaired) electrons. The first-order valence-electron chi connectivity index (χ1n) is 4.10. The number of hydrogen-bond donors (Lipinski definition) is 2. The molecule has 1 heterocycles. The van der Waals surface area contributed by atoms with Crippen LogP contribution >= 0.6 is 11.8 Å². The summed E-state index contributed by atoms with van der Waals surface area (Å²) in [5.74, 6) is 6.30. The highest BCUT2D eigenvalue weighted by Gasteiger charge is 1.97. The number of rotatable bonds is 1. The molecule has 0 aliphatic heterocycles. The molecule has 1 aromatic heterocycles. The molecule has 0 aromatic carbocycles. The highest BCUT2D eigenvalue weighted by molar-refractivity contribution is 8.13. The Morgan fingerprint density at radius 2 is 2.27 bits per heavy atom. The van der Waals surface area contributed by atoms with Gasteiger partial charge in [-0.05, 0) is 5.92 Å². The molecule has 0 bridgehead atoms. The zero-order valence-corrected chi connectivity index (χ0v) is 8.97. The van der Waals surface area contributed by atoms with Crippen molar-refractivity contribution in [3.05, 3.63) is 11.9 Å². The normalized spacial score (nSPS) is 9.13. The summed E-state index contributed by atoms with van der Waals surface area (Å²) in [6, 6.07) is 0. The van der Waals surface area contributed by atoms with E-state index < -0.39 is 0 Å². The minimum atomic E-state index is 0.0344. The Morgan fingerprint density at radius 3 is 2.87 bits per heavy atom. The number of hydrogen-bond acceptors (Lipinski definition) is 6. The molecule has 0 aliphatic carbocycles. The molecular weight excluding hydrogens is 212 g/mol. The van der Waals surface area contributed by atoms with Crippen molar-refractivity contribution in [1.82, 2.24) is 9.97 Å². The number of carbonyl (C=O) groups is 1. The number of nitrogens with zero attached hydrogens (tertiary/aromatic N) is 2. The molecule has 5 nitrogen and oxygen atoms in total. The summed E-state index contributed by atoms with van der Waals surface area (Å²) in [6.45, 7) is 1.49. The number of thioether (sulfide) groups is 1. The minimum absolute atomic E-state index is 0.0344. The van der Waals surface area contributed by atoms with Crippen LogP contribution in [0.5, 0.6) is 0 Å². The van der Waals surface area contributed by atoms with E-state index in [9.17, 15) is 4.79 Å². The second-order valence-corrected chi connectivity index (χ2v) is 3.76. The van der Waals surface area contributed by atoms with Crippen LogP contribution in [-0.4, -0.2) is 20.8 Å². The fourth-order valence-corrected chi connectivity index (χ4v) is 1.08. The zero-order chi connectivity index (χ0) is 11.3. The van der Waals surface area contributed by atoms with Crippen LogP contribution in [0.4, 0.5) is 11.6 Å². The molecule has 0 amide bonds. The number of carbonyl (C=O) groups excluding carboxylic acids is 1. The third-order valence-electron chi connectivity index (χ3n) is 1.39. The van der Waals surface area contributed by atoms with Crippen LogP contribution in [0.15, 0.2) is 6.20 Å². The van der Waals surface area contributed by atoms with Crippen molar-refractivity contribution in [2.24, 2.45) is 0 Å². The van der Waals surface area contributed by atoms with Crippen molar-refractivity contribution < 1.29 is 4.79 Å². The SMILES string of the molecule is CC(=O)SCC#Cc1cnc(N)c(N)n1. The van der Waals surface area contributed by atoms with Crippen LogP contribution in [0, 0.1) is 11.8 Å². The third kappa shape index (κ3) is 3.87. The molecule has 1 rings (SSSR count). The van der Waals surface area contributed by atoms with Crippen LogP contribution in [0.3, 0.4) is 0 Å². The van der Waals surface area contributed by atoms with E-state index in [1.165, 1.54) is 13.1 Å². The Labute approximate surface area is 91.7 Å². The number of anilines is 2. The average Bonchev–Trinajstić information content (AvgIpc) is 2.18. The largest absolute Gasteiger partial charge is 0.381 e. The maximum absolute atomic E-state index is 10.6. The van der Waals surface area contributed by atoms with Crippen LogP contribution < -0.4 is 11.5 Å². The average molecular weight is 222 g/mol. The molecule has 4 N–H and O–H groups in total. The van der Waals surface area contributed by atoms with Gasteiger partial charge in [0, 0.05) is 6.92 Å². The molecule has 0 unspecified atom stereocenters. The molecule has 6 heteroatoms. The van der Waals surface area contributed by atoms with Crippen LogP contribution in [0.2, 0.25) is 0 Å². The second-order valence-electron chi connectivity index (χ2n) is 2.61. The van der Waals surface area contributed by atoms with Gasteiger partial charge in [0.05, 0.1) is 11.9 Å². The summed E-state index contributed by atoms with van der Waals surface area (Å²) < 4.78 is 0. The van der Waals surface area contributed by atoms with E-state index in [0.717, 1.165) is 11.8 Å². The molecule has 0 saturated heterocycles. The van der Waals surface area contributed by atoms with E-state index in [1.807, 2.05) is 0 Å².